The molecule has 82 valence electrons. The van der Waals surface area contributed by atoms with Gasteiger partial charge in [0, 0.05) is 30.4 Å². The number of fused-ring (bicyclic) bond motifs is 1. The van der Waals surface area contributed by atoms with Crippen LogP contribution in [0.1, 0.15) is 29.8 Å². The fourth-order valence-electron chi connectivity index (χ4n) is 2.12. The molecule has 1 amide bonds. The standard InChI is InChI=1S/C11H16N2OS/c1-8-9-4-7-15-10(9)2-5-13(8)6-3-11(12)14/h4,7-8H,2-3,5-6H2,1H3,(H2,12,14). The predicted molar refractivity (Wildman–Crippen MR) is 61.8 cm³/mol. The van der Waals surface area contributed by atoms with E-state index in [0.29, 0.717) is 12.5 Å². The molecule has 0 aliphatic carbocycles. The van der Waals surface area contributed by atoms with E-state index in [-0.39, 0.29) is 5.91 Å². The van der Waals surface area contributed by atoms with E-state index in [1.165, 1.54) is 10.4 Å². The van der Waals surface area contributed by atoms with E-state index in [9.17, 15) is 4.79 Å². The molecule has 2 N–H and O–H groups in total. The van der Waals surface area contributed by atoms with Crippen molar-refractivity contribution in [1.82, 2.24) is 4.90 Å². The molecule has 2 rings (SSSR count). The van der Waals surface area contributed by atoms with Crippen molar-refractivity contribution in [3.05, 3.63) is 21.9 Å². The fraction of sp³-hybridized carbons (Fsp3) is 0.545. The second kappa shape index (κ2) is 4.33. The first-order chi connectivity index (χ1) is 7.18. The largest absolute Gasteiger partial charge is 0.370 e. The molecule has 0 saturated heterocycles. The maximum atomic E-state index is 10.7. The van der Waals surface area contributed by atoms with Gasteiger partial charge in [0.25, 0.3) is 0 Å². The second-order valence-electron chi connectivity index (χ2n) is 3.98. The lowest BCUT2D eigenvalue weighted by Gasteiger charge is -2.33. The minimum Gasteiger partial charge on any atom is -0.370 e. The summed E-state index contributed by atoms with van der Waals surface area (Å²) in [7, 11) is 0. The number of hydrogen-bond donors (Lipinski definition) is 1. The van der Waals surface area contributed by atoms with Crippen molar-refractivity contribution in [3.63, 3.8) is 0 Å². The Balaban J connectivity index is 2.03. The van der Waals surface area contributed by atoms with Crippen molar-refractivity contribution in [2.75, 3.05) is 13.1 Å². The number of hydrogen-bond acceptors (Lipinski definition) is 3. The van der Waals surface area contributed by atoms with E-state index >= 15 is 0 Å². The van der Waals surface area contributed by atoms with Gasteiger partial charge in [0.15, 0.2) is 0 Å². The molecule has 1 aromatic heterocycles. The molecule has 0 radical (unpaired) electrons. The van der Waals surface area contributed by atoms with E-state index in [1.54, 1.807) is 0 Å². The van der Waals surface area contributed by atoms with Crippen molar-refractivity contribution in [1.29, 1.82) is 0 Å². The topological polar surface area (TPSA) is 46.3 Å². The summed E-state index contributed by atoms with van der Waals surface area (Å²) in [5.74, 6) is -0.210. The molecule has 0 fully saturated rings. The first-order valence-corrected chi connectivity index (χ1v) is 6.15. The molecular formula is C11H16N2OS. The summed E-state index contributed by atoms with van der Waals surface area (Å²) in [6.07, 6.45) is 1.57. The number of amides is 1. The van der Waals surface area contributed by atoms with Crippen molar-refractivity contribution in [3.8, 4) is 0 Å². The Morgan fingerprint density at radius 1 is 1.73 bits per heavy atom. The van der Waals surface area contributed by atoms with Gasteiger partial charge in [-0.1, -0.05) is 0 Å². The Morgan fingerprint density at radius 2 is 2.53 bits per heavy atom. The molecule has 1 aliphatic rings. The first kappa shape index (κ1) is 10.6. The monoisotopic (exact) mass is 224 g/mol. The summed E-state index contributed by atoms with van der Waals surface area (Å²) in [6.45, 7) is 4.03. The molecule has 4 heteroatoms. The van der Waals surface area contributed by atoms with Gasteiger partial charge >= 0.3 is 0 Å². The van der Waals surface area contributed by atoms with Crippen LogP contribution in [0.3, 0.4) is 0 Å². The molecule has 0 aromatic carbocycles. The first-order valence-electron chi connectivity index (χ1n) is 5.27. The molecular weight excluding hydrogens is 208 g/mol. The van der Waals surface area contributed by atoms with Gasteiger partial charge in [-0.05, 0) is 30.4 Å². The van der Waals surface area contributed by atoms with Crippen molar-refractivity contribution < 1.29 is 4.79 Å². The van der Waals surface area contributed by atoms with Crippen LogP contribution >= 0.6 is 11.3 Å². The molecule has 0 spiro atoms. The molecule has 1 unspecified atom stereocenters. The molecule has 1 atom stereocenters. The van der Waals surface area contributed by atoms with Crippen LogP contribution in [0, 0.1) is 0 Å². The lowest BCUT2D eigenvalue weighted by Crippen LogP contribution is -2.35. The Hall–Kier alpha value is -0.870. The average Bonchev–Trinajstić information content (AvgIpc) is 2.65. The number of nitrogens with zero attached hydrogens (tertiary/aromatic N) is 1. The Morgan fingerprint density at radius 3 is 3.27 bits per heavy atom. The van der Waals surface area contributed by atoms with E-state index in [1.807, 2.05) is 11.3 Å². The summed E-state index contributed by atoms with van der Waals surface area (Å²) in [6, 6.07) is 2.63. The van der Waals surface area contributed by atoms with Crippen LogP contribution in [0.4, 0.5) is 0 Å². The van der Waals surface area contributed by atoms with E-state index < -0.39 is 0 Å². The summed E-state index contributed by atoms with van der Waals surface area (Å²) in [5.41, 5.74) is 6.59. The molecule has 1 aliphatic heterocycles. The van der Waals surface area contributed by atoms with Gasteiger partial charge in [-0.15, -0.1) is 11.3 Å². The molecule has 0 bridgehead atoms. The van der Waals surface area contributed by atoms with Gasteiger partial charge in [0.05, 0.1) is 0 Å². The third-order valence-electron chi connectivity index (χ3n) is 3.05. The normalized spacial score (nSPS) is 21.3. The second-order valence-corrected chi connectivity index (χ2v) is 4.98. The van der Waals surface area contributed by atoms with Crippen molar-refractivity contribution in [2.24, 2.45) is 5.73 Å². The third kappa shape index (κ3) is 2.21. The highest BCUT2D eigenvalue weighted by Gasteiger charge is 2.24. The number of carbonyl (C=O) groups is 1. The van der Waals surface area contributed by atoms with Gasteiger partial charge in [-0.2, -0.15) is 0 Å². The van der Waals surface area contributed by atoms with Crippen LogP contribution in [0.5, 0.6) is 0 Å². The Bertz CT molecular complexity index is 361. The Labute approximate surface area is 93.9 Å². The van der Waals surface area contributed by atoms with Crippen molar-refractivity contribution in [2.45, 2.75) is 25.8 Å². The fourth-order valence-corrected chi connectivity index (χ4v) is 3.08. The summed E-state index contributed by atoms with van der Waals surface area (Å²) in [5, 5.41) is 2.15. The SMILES string of the molecule is CC1c2ccsc2CCN1CCC(N)=O. The zero-order chi connectivity index (χ0) is 10.8. The molecule has 1 aromatic rings. The van der Waals surface area contributed by atoms with Crippen LogP contribution in [-0.2, 0) is 11.2 Å². The highest BCUT2D eigenvalue weighted by molar-refractivity contribution is 7.10. The van der Waals surface area contributed by atoms with Crippen LogP contribution in [-0.4, -0.2) is 23.9 Å². The van der Waals surface area contributed by atoms with Crippen LogP contribution in [0.2, 0.25) is 0 Å². The maximum absolute atomic E-state index is 10.7. The number of thiophene rings is 1. The zero-order valence-electron chi connectivity index (χ0n) is 8.90. The minimum atomic E-state index is -0.210. The molecule has 0 saturated carbocycles. The number of nitrogens with two attached hydrogens (primary N) is 1. The van der Waals surface area contributed by atoms with Gasteiger partial charge < -0.3 is 5.73 Å². The van der Waals surface area contributed by atoms with Crippen molar-refractivity contribution >= 4 is 17.2 Å². The summed E-state index contributed by atoms with van der Waals surface area (Å²) < 4.78 is 0. The molecule has 2 heterocycles. The third-order valence-corrected chi connectivity index (χ3v) is 4.05. The Kier molecular flexibility index (Phi) is 3.07. The zero-order valence-corrected chi connectivity index (χ0v) is 9.72. The van der Waals surface area contributed by atoms with E-state index in [4.69, 9.17) is 5.73 Å². The van der Waals surface area contributed by atoms with Crippen LogP contribution < -0.4 is 5.73 Å². The molecule has 15 heavy (non-hydrogen) atoms. The van der Waals surface area contributed by atoms with Gasteiger partial charge in [0.2, 0.25) is 5.91 Å². The highest BCUT2D eigenvalue weighted by atomic mass is 32.1. The van der Waals surface area contributed by atoms with Crippen LogP contribution in [0.15, 0.2) is 11.4 Å². The highest BCUT2D eigenvalue weighted by Crippen LogP contribution is 2.32. The smallest absolute Gasteiger partial charge is 0.218 e. The maximum Gasteiger partial charge on any atom is 0.218 e. The lowest BCUT2D eigenvalue weighted by molar-refractivity contribution is -0.118. The summed E-state index contributed by atoms with van der Waals surface area (Å²) in [4.78, 5) is 14.6. The number of rotatable bonds is 3. The van der Waals surface area contributed by atoms with Gasteiger partial charge in [-0.3, -0.25) is 9.69 Å². The molecule has 3 nitrogen and oxygen atoms in total. The lowest BCUT2D eigenvalue weighted by atomic mass is 10.0. The van der Waals surface area contributed by atoms with E-state index in [2.05, 4.69) is 23.3 Å². The minimum absolute atomic E-state index is 0.210. The average molecular weight is 224 g/mol. The number of carbonyl (C=O) groups excluding carboxylic acids is 1. The van der Waals surface area contributed by atoms with Gasteiger partial charge in [0.1, 0.15) is 0 Å². The summed E-state index contributed by atoms with van der Waals surface area (Å²) >= 11 is 1.84. The quantitative estimate of drug-likeness (QED) is 0.846. The van der Waals surface area contributed by atoms with E-state index in [0.717, 1.165) is 19.5 Å². The number of primary amides is 1. The van der Waals surface area contributed by atoms with Gasteiger partial charge in [-0.25, -0.2) is 0 Å². The van der Waals surface area contributed by atoms with Crippen LogP contribution in [0.25, 0.3) is 0 Å². The predicted octanol–water partition coefficient (Wildman–Crippen LogP) is 1.54.